The third-order valence-electron chi connectivity index (χ3n) is 4.97. The molecule has 1 saturated heterocycles. The molecule has 1 heterocycles. The van der Waals surface area contributed by atoms with Crippen LogP contribution in [0.3, 0.4) is 0 Å². The summed E-state index contributed by atoms with van der Waals surface area (Å²) in [6, 6.07) is 0. The molecule has 0 radical (unpaired) electrons. The molecule has 1 saturated carbocycles. The first kappa shape index (κ1) is 15.3. The van der Waals surface area contributed by atoms with Crippen molar-refractivity contribution in [3.8, 4) is 0 Å². The maximum atomic E-state index is 5.75. The SMILES string of the molecule is CC(C)CNCC1(CCCC2CCCO2)CCCC1. The van der Waals surface area contributed by atoms with Crippen molar-refractivity contribution >= 4 is 0 Å². The zero-order valence-corrected chi connectivity index (χ0v) is 13.0. The van der Waals surface area contributed by atoms with E-state index in [0.29, 0.717) is 11.5 Å². The van der Waals surface area contributed by atoms with E-state index in [2.05, 4.69) is 19.2 Å². The van der Waals surface area contributed by atoms with Gasteiger partial charge in [-0.05, 0) is 56.4 Å². The predicted octanol–water partition coefficient (Wildman–Crippen LogP) is 4.14. The fourth-order valence-electron chi connectivity index (χ4n) is 3.84. The lowest BCUT2D eigenvalue weighted by Crippen LogP contribution is -2.34. The topological polar surface area (TPSA) is 21.3 Å². The van der Waals surface area contributed by atoms with E-state index in [-0.39, 0.29) is 0 Å². The van der Waals surface area contributed by atoms with Gasteiger partial charge in [-0.1, -0.05) is 33.1 Å². The van der Waals surface area contributed by atoms with Gasteiger partial charge in [0.25, 0.3) is 0 Å². The second kappa shape index (κ2) is 7.64. The molecule has 2 heteroatoms. The molecule has 0 bridgehead atoms. The highest BCUT2D eigenvalue weighted by Crippen LogP contribution is 2.42. The van der Waals surface area contributed by atoms with Crippen LogP contribution in [0.2, 0.25) is 0 Å². The Morgan fingerprint density at radius 1 is 1.21 bits per heavy atom. The molecule has 19 heavy (non-hydrogen) atoms. The largest absolute Gasteiger partial charge is 0.378 e. The van der Waals surface area contributed by atoms with Crippen LogP contribution in [-0.2, 0) is 4.74 Å². The van der Waals surface area contributed by atoms with Crippen molar-refractivity contribution in [3.05, 3.63) is 0 Å². The summed E-state index contributed by atoms with van der Waals surface area (Å²) in [7, 11) is 0. The van der Waals surface area contributed by atoms with Gasteiger partial charge in [-0.25, -0.2) is 0 Å². The van der Waals surface area contributed by atoms with Crippen LogP contribution >= 0.6 is 0 Å². The minimum atomic E-state index is 0.585. The van der Waals surface area contributed by atoms with Crippen molar-refractivity contribution < 1.29 is 4.74 Å². The summed E-state index contributed by atoms with van der Waals surface area (Å²) in [5.41, 5.74) is 0.619. The summed E-state index contributed by atoms with van der Waals surface area (Å²) in [5.74, 6) is 0.769. The van der Waals surface area contributed by atoms with Gasteiger partial charge in [0.05, 0.1) is 6.10 Å². The number of nitrogens with one attached hydrogen (secondary N) is 1. The summed E-state index contributed by atoms with van der Waals surface area (Å²) < 4.78 is 5.75. The summed E-state index contributed by atoms with van der Waals surface area (Å²) in [5, 5.41) is 3.71. The third kappa shape index (κ3) is 5.07. The summed E-state index contributed by atoms with van der Waals surface area (Å²) >= 11 is 0. The number of hydrogen-bond acceptors (Lipinski definition) is 2. The average molecular weight is 267 g/mol. The molecule has 0 aromatic carbocycles. The minimum absolute atomic E-state index is 0.585. The highest BCUT2D eigenvalue weighted by Gasteiger charge is 2.33. The monoisotopic (exact) mass is 267 g/mol. The van der Waals surface area contributed by atoms with Crippen LogP contribution in [-0.4, -0.2) is 25.8 Å². The first-order valence-corrected chi connectivity index (χ1v) is 8.53. The molecule has 1 aliphatic carbocycles. The number of rotatable bonds is 8. The maximum absolute atomic E-state index is 5.75. The van der Waals surface area contributed by atoms with Crippen LogP contribution < -0.4 is 5.32 Å². The standard InChI is InChI=1S/C17H33NO/c1-15(2)13-18-14-17(9-3-4-10-17)11-5-7-16-8-6-12-19-16/h15-16,18H,3-14H2,1-2H3. The van der Waals surface area contributed by atoms with Crippen LogP contribution in [0.25, 0.3) is 0 Å². The first-order valence-electron chi connectivity index (χ1n) is 8.53. The van der Waals surface area contributed by atoms with Crippen molar-refractivity contribution in [2.75, 3.05) is 19.7 Å². The Balaban J connectivity index is 1.68. The summed E-state index contributed by atoms with van der Waals surface area (Å²) in [6.45, 7) is 8.02. The number of hydrogen-bond donors (Lipinski definition) is 1. The second-order valence-electron chi connectivity index (χ2n) is 7.26. The van der Waals surface area contributed by atoms with E-state index in [1.165, 1.54) is 70.9 Å². The maximum Gasteiger partial charge on any atom is 0.0576 e. The molecule has 1 aliphatic heterocycles. The lowest BCUT2D eigenvalue weighted by molar-refractivity contribution is 0.0971. The van der Waals surface area contributed by atoms with Crippen LogP contribution in [0.5, 0.6) is 0 Å². The summed E-state index contributed by atoms with van der Waals surface area (Å²) in [4.78, 5) is 0. The molecule has 0 spiro atoms. The van der Waals surface area contributed by atoms with E-state index in [1.54, 1.807) is 0 Å². The molecular weight excluding hydrogens is 234 g/mol. The molecule has 0 aromatic rings. The highest BCUT2D eigenvalue weighted by molar-refractivity contribution is 4.87. The molecule has 1 N–H and O–H groups in total. The Hall–Kier alpha value is -0.0800. The Morgan fingerprint density at radius 3 is 2.63 bits per heavy atom. The molecule has 2 rings (SSSR count). The van der Waals surface area contributed by atoms with E-state index >= 15 is 0 Å². The average Bonchev–Trinajstić information content (AvgIpc) is 3.01. The second-order valence-corrected chi connectivity index (χ2v) is 7.26. The van der Waals surface area contributed by atoms with E-state index in [1.807, 2.05) is 0 Å². The minimum Gasteiger partial charge on any atom is -0.378 e. The van der Waals surface area contributed by atoms with Crippen LogP contribution in [0.15, 0.2) is 0 Å². The molecular formula is C17H33NO. The fraction of sp³-hybridized carbons (Fsp3) is 1.00. The van der Waals surface area contributed by atoms with Crippen molar-refractivity contribution in [2.24, 2.45) is 11.3 Å². The molecule has 112 valence electrons. The van der Waals surface area contributed by atoms with Gasteiger partial charge in [0.2, 0.25) is 0 Å². The van der Waals surface area contributed by atoms with Crippen molar-refractivity contribution in [1.29, 1.82) is 0 Å². The summed E-state index contributed by atoms with van der Waals surface area (Å²) in [6.07, 6.45) is 13.0. The molecule has 0 aromatic heterocycles. The van der Waals surface area contributed by atoms with E-state index in [4.69, 9.17) is 4.74 Å². The molecule has 1 atom stereocenters. The van der Waals surface area contributed by atoms with Crippen molar-refractivity contribution in [1.82, 2.24) is 5.32 Å². The zero-order valence-electron chi connectivity index (χ0n) is 13.0. The van der Waals surface area contributed by atoms with Crippen LogP contribution in [0.4, 0.5) is 0 Å². The van der Waals surface area contributed by atoms with E-state index < -0.39 is 0 Å². The molecule has 2 nitrogen and oxygen atoms in total. The van der Waals surface area contributed by atoms with Crippen LogP contribution in [0.1, 0.15) is 71.6 Å². The molecule has 1 unspecified atom stereocenters. The molecule has 2 fully saturated rings. The van der Waals surface area contributed by atoms with Gasteiger partial charge in [0.1, 0.15) is 0 Å². The lowest BCUT2D eigenvalue weighted by Gasteiger charge is -2.30. The van der Waals surface area contributed by atoms with Crippen LogP contribution in [0, 0.1) is 11.3 Å². The quantitative estimate of drug-likeness (QED) is 0.713. The van der Waals surface area contributed by atoms with Gasteiger partial charge in [-0.2, -0.15) is 0 Å². The first-order chi connectivity index (χ1) is 9.20. The fourth-order valence-corrected chi connectivity index (χ4v) is 3.84. The molecule has 2 aliphatic rings. The van der Waals surface area contributed by atoms with Crippen molar-refractivity contribution in [2.45, 2.75) is 77.7 Å². The van der Waals surface area contributed by atoms with Gasteiger partial charge < -0.3 is 10.1 Å². The van der Waals surface area contributed by atoms with Gasteiger partial charge in [0.15, 0.2) is 0 Å². The van der Waals surface area contributed by atoms with E-state index in [0.717, 1.165) is 12.5 Å². The van der Waals surface area contributed by atoms with Gasteiger partial charge in [-0.3, -0.25) is 0 Å². The lowest BCUT2D eigenvalue weighted by atomic mass is 9.80. The van der Waals surface area contributed by atoms with Crippen molar-refractivity contribution in [3.63, 3.8) is 0 Å². The van der Waals surface area contributed by atoms with Gasteiger partial charge >= 0.3 is 0 Å². The predicted molar refractivity (Wildman–Crippen MR) is 81.4 cm³/mol. The normalized spacial score (nSPS) is 26.4. The third-order valence-corrected chi connectivity index (χ3v) is 4.97. The Kier molecular flexibility index (Phi) is 6.15. The van der Waals surface area contributed by atoms with Gasteiger partial charge in [-0.15, -0.1) is 0 Å². The number of ether oxygens (including phenoxy) is 1. The zero-order chi connectivity index (χ0) is 13.6. The Labute approximate surface area is 119 Å². The smallest absolute Gasteiger partial charge is 0.0576 e. The van der Waals surface area contributed by atoms with Gasteiger partial charge in [0, 0.05) is 13.2 Å². The van der Waals surface area contributed by atoms with E-state index in [9.17, 15) is 0 Å². The Morgan fingerprint density at radius 2 is 2.00 bits per heavy atom. The Bertz CT molecular complexity index is 240. The molecule has 0 amide bonds. The highest BCUT2D eigenvalue weighted by atomic mass is 16.5.